The predicted molar refractivity (Wildman–Crippen MR) is 97.7 cm³/mol. The molecule has 1 nitrogen and oxygen atoms in total. The van der Waals surface area contributed by atoms with Crippen LogP contribution in [0.5, 0.6) is 0 Å². The van der Waals surface area contributed by atoms with E-state index in [1.54, 1.807) is 0 Å². The van der Waals surface area contributed by atoms with Crippen molar-refractivity contribution < 1.29 is 0 Å². The molecule has 0 amide bonds. The van der Waals surface area contributed by atoms with Crippen molar-refractivity contribution >= 4 is 5.57 Å². The summed E-state index contributed by atoms with van der Waals surface area (Å²) in [4.78, 5) is 0. The molecule has 1 aliphatic carbocycles. The van der Waals surface area contributed by atoms with E-state index < -0.39 is 0 Å². The normalized spacial score (nSPS) is 18.9. The van der Waals surface area contributed by atoms with Gasteiger partial charge in [-0.25, -0.2) is 0 Å². The van der Waals surface area contributed by atoms with Gasteiger partial charge in [0.25, 0.3) is 0 Å². The summed E-state index contributed by atoms with van der Waals surface area (Å²) in [6.07, 6.45) is 14.2. The second-order valence-corrected chi connectivity index (χ2v) is 5.51. The van der Waals surface area contributed by atoms with E-state index in [1.807, 2.05) is 24.4 Å². The number of allylic oxidation sites excluding steroid dienone is 8. The molecule has 0 saturated carbocycles. The van der Waals surface area contributed by atoms with Gasteiger partial charge in [0.2, 0.25) is 0 Å². The maximum absolute atomic E-state index is 4.47. The summed E-state index contributed by atoms with van der Waals surface area (Å²) in [6, 6.07) is 19.2. The summed E-state index contributed by atoms with van der Waals surface area (Å²) in [6.45, 7) is 0. The minimum absolute atomic E-state index is 1.01. The summed E-state index contributed by atoms with van der Waals surface area (Å²) in [7, 11) is 0. The van der Waals surface area contributed by atoms with Crippen LogP contribution in [-0.2, 0) is 0 Å². The first-order valence-corrected chi connectivity index (χ1v) is 7.75. The van der Waals surface area contributed by atoms with E-state index in [9.17, 15) is 0 Å². The topological polar surface area (TPSA) is 14.1 Å². The Hall–Kier alpha value is -3.06. The monoisotopic (exact) mass is 294 g/mol. The third-order valence-electron chi connectivity index (χ3n) is 4.06. The zero-order chi connectivity index (χ0) is 15.5. The number of benzene rings is 2. The number of nitrogens with zero attached hydrogens (tertiary/aromatic N) is 1. The van der Waals surface area contributed by atoms with Crippen LogP contribution in [0.15, 0.2) is 109 Å². The van der Waals surface area contributed by atoms with Gasteiger partial charge >= 0.3 is 0 Å². The molecule has 4 rings (SSSR count). The number of hydrogen-bond donors (Lipinski definition) is 0. The molecule has 0 N–H and O–H groups in total. The van der Waals surface area contributed by atoms with E-state index in [4.69, 9.17) is 0 Å². The fourth-order valence-corrected chi connectivity index (χ4v) is 2.89. The Bertz CT molecular complexity index is 860. The van der Waals surface area contributed by atoms with Crippen LogP contribution in [0.25, 0.3) is 22.0 Å². The van der Waals surface area contributed by atoms with E-state index in [2.05, 4.69) is 78.2 Å². The highest BCUT2D eigenvalue weighted by molar-refractivity contribution is 5.88. The Morgan fingerprint density at radius 3 is 2.09 bits per heavy atom. The van der Waals surface area contributed by atoms with Gasteiger partial charge in [-0.05, 0) is 27.8 Å². The van der Waals surface area contributed by atoms with Crippen LogP contribution in [-0.4, -0.2) is 0 Å². The standard InChI is InChI=1S/C22H16N/c1-2-7-17(8-3-1)18-12-14-19(15-13-18)20-9-6-10-21(20)22-11-4-5-16-23-22/h1-16H/q-1/b22-21-. The maximum Gasteiger partial charge on any atom is -0.0124 e. The second-order valence-electron chi connectivity index (χ2n) is 5.51. The SMILES string of the molecule is C1=C[N-]/C(=C2/C=CC=C2c2ccc(-c3ccccc3)cc2)C=C1. The van der Waals surface area contributed by atoms with Gasteiger partial charge in [-0.3, -0.25) is 0 Å². The third kappa shape index (κ3) is 2.69. The van der Waals surface area contributed by atoms with E-state index >= 15 is 0 Å². The molecule has 1 heteroatoms. The van der Waals surface area contributed by atoms with Crippen LogP contribution in [0.2, 0.25) is 0 Å². The lowest BCUT2D eigenvalue weighted by molar-refractivity contribution is 1.48. The Morgan fingerprint density at radius 2 is 1.35 bits per heavy atom. The van der Waals surface area contributed by atoms with Crippen LogP contribution in [0, 0.1) is 0 Å². The first-order chi connectivity index (χ1) is 11.4. The van der Waals surface area contributed by atoms with Crippen molar-refractivity contribution in [2.24, 2.45) is 0 Å². The van der Waals surface area contributed by atoms with Crippen LogP contribution in [0.3, 0.4) is 0 Å². The van der Waals surface area contributed by atoms with Crippen molar-refractivity contribution in [1.82, 2.24) is 0 Å². The fraction of sp³-hybridized carbons (Fsp3) is 0. The minimum Gasteiger partial charge on any atom is -0.664 e. The molecule has 0 atom stereocenters. The Labute approximate surface area is 136 Å². The van der Waals surface area contributed by atoms with Gasteiger partial charge in [-0.15, -0.1) is 5.70 Å². The van der Waals surface area contributed by atoms with Crippen LogP contribution in [0.4, 0.5) is 0 Å². The second kappa shape index (κ2) is 5.98. The highest BCUT2D eigenvalue weighted by atomic mass is 14.9. The van der Waals surface area contributed by atoms with Crippen molar-refractivity contribution in [2.45, 2.75) is 0 Å². The van der Waals surface area contributed by atoms with Crippen LogP contribution < -0.4 is 0 Å². The molecule has 0 spiro atoms. The number of hydrogen-bond acceptors (Lipinski definition) is 0. The summed E-state index contributed by atoms with van der Waals surface area (Å²) in [5.41, 5.74) is 7.11. The van der Waals surface area contributed by atoms with Crippen molar-refractivity contribution in [1.29, 1.82) is 0 Å². The largest absolute Gasteiger partial charge is 0.664 e. The van der Waals surface area contributed by atoms with Gasteiger partial charge in [0, 0.05) is 0 Å². The molecule has 0 radical (unpaired) electrons. The molecule has 0 aromatic heterocycles. The minimum atomic E-state index is 1.01. The molecule has 110 valence electrons. The quantitative estimate of drug-likeness (QED) is 0.643. The molecular formula is C22H16N-. The van der Waals surface area contributed by atoms with Gasteiger partial charge in [-0.2, -0.15) is 6.20 Å². The molecular weight excluding hydrogens is 278 g/mol. The zero-order valence-corrected chi connectivity index (χ0v) is 12.7. The summed E-state index contributed by atoms with van der Waals surface area (Å²) in [5.74, 6) is 0. The van der Waals surface area contributed by atoms with E-state index in [-0.39, 0.29) is 0 Å². The molecule has 23 heavy (non-hydrogen) atoms. The lowest BCUT2D eigenvalue weighted by Gasteiger charge is -2.24. The van der Waals surface area contributed by atoms with Gasteiger partial charge in [0.05, 0.1) is 0 Å². The van der Waals surface area contributed by atoms with Gasteiger partial charge in [0.15, 0.2) is 0 Å². The van der Waals surface area contributed by atoms with Crippen molar-refractivity contribution in [3.8, 4) is 11.1 Å². The smallest absolute Gasteiger partial charge is 0.0124 e. The van der Waals surface area contributed by atoms with Crippen LogP contribution >= 0.6 is 0 Å². The lowest BCUT2D eigenvalue weighted by atomic mass is 9.96. The molecule has 0 unspecified atom stereocenters. The molecule has 1 heterocycles. The summed E-state index contributed by atoms with van der Waals surface area (Å²) in [5, 5.41) is 4.47. The van der Waals surface area contributed by atoms with Crippen molar-refractivity contribution in [3.63, 3.8) is 0 Å². The van der Waals surface area contributed by atoms with E-state index in [0.29, 0.717) is 0 Å². The molecule has 0 fully saturated rings. The Kier molecular flexibility index (Phi) is 3.53. The van der Waals surface area contributed by atoms with Crippen molar-refractivity contribution in [2.75, 3.05) is 0 Å². The molecule has 0 saturated heterocycles. The average Bonchev–Trinajstić information content (AvgIpc) is 3.13. The highest BCUT2D eigenvalue weighted by Crippen LogP contribution is 2.35. The Morgan fingerprint density at radius 1 is 0.609 bits per heavy atom. The first-order valence-electron chi connectivity index (χ1n) is 7.75. The predicted octanol–water partition coefficient (Wildman–Crippen LogP) is 6.02. The molecule has 2 aliphatic rings. The Balaban J connectivity index is 1.66. The number of rotatable bonds is 2. The van der Waals surface area contributed by atoms with E-state index in [0.717, 1.165) is 5.70 Å². The summed E-state index contributed by atoms with van der Waals surface area (Å²) < 4.78 is 0. The first kappa shape index (κ1) is 13.6. The summed E-state index contributed by atoms with van der Waals surface area (Å²) >= 11 is 0. The van der Waals surface area contributed by atoms with Crippen molar-refractivity contribution in [3.05, 3.63) is 119 Å². The molecule has 2 aromatic rings. The van der Waals surface area contributed by atoms with Crippen LogP contribution in [0.1, 0.15) is 5.56 Å². The van der Waals surface area contributed by atoms with Gasteiger partial charge in [0.1, 0.15) is 0 Å². The highest BCUT2D eigenvalue weighted by Gasteiger charge is 2.10. The maximum atomic E-state index is 4.47. The van der Waals surface area contributed by atoms with E-state index in [1.165, 1.54) is 27.8 Å². The zero-order valence-electron chi connectivity index (χ0n) is 12.7. The molecule has 1 aliphatic heterocycles. The van der Waals surface area contributed by atoms with Gasteiger partial charge in [-0.1, -0.05) is 91.1 Å². The lowest BCUT2D eigenvalue weighted by Crippen LogP contribution is -1.91. The molecule has 2 aromatic carbocycles. The third-order valence-corrected chi connectivity index (χ3v) is 4.06. The fourth-order valence-electron chi connectivity index (χ4n) is 2.89. The van der Waals surface area contributed by atoms with Gasteiger partial charge < -0.3 is 5.32 Å². The molecule has 0 bridgehead atoms. The average molecular weight is 294 g/mol.